The highest BCUT2D eigenvalue weighted by atomic mass is 79.9. The molecule has 0 aliphatic rings. The van der Waals surface area contributed by atoms with Crippen molar-refractivity contribution in [1.82, 2.24) is 5.43 Å². The fourth-order valence-electron chi connectivity index (χ4n) is 2.90. The number of halogens is 2. The maximum absolute atomic E-state index is 12.3. The van der Waals surface area contributed by atoms with Gasteiger partial charge in [0.25, 0.3) is 11.6 Å². The van der Waals surface area contributed by atoms with Gasteiger partial charge in [-0.25, -0.2) is 5.43 Å². The minimum absolute atomic E-state index is 0.131. The Hall–Kier alpha value is -3.43. The lowest BCUT2D eigenvalue weighted by molar-refractivity contribution is -0.385. The Morgan fingerprint density at radius 2 is 2.00 bits per heavy atom. The van der Waals surface area contributed by atoms with Crippen LogP contribution >= 0.6 is 27.5 Å². The standard InChI is InChI=1S/C23H19BrClN3O5/c1-14-7-8-16(11-20(14)28(30)31)23(29)27-26-12-15-9-18(24)22(21(10-15)32-2)33-13-17-5-3-4-6-19(17)25/h3-12H,13H2,1-2H3,(H,27,29)/b26-12-. The molecule has 0 saturated heterocycles. The van der Waals surface area contributed by atoms with E-state index in [1.165, 1.54) is 31.5 Å². The van der Waals surface area contributed by atoms with Gasteiger partial charge in [0.1, 0.15) is 6.61 Å². The lowest BCUT2D eigenvalue weighted by Crippen LogP contribution is -2.17. The molecule has 3 aromatic carbocycles. The number of nitrogens with one attached hydrogen (secondary N) is 1. The number of carbonyl (C=O) groups is 1. The predicted octanol–water partition coefficient (Wildman–Crippen LogP) is 5.67. The Balaban J connectivity index is 1.72. The van der Waals surface area contributed by atoms with Crippen molar-refractivity contribution in [2.24, 2.45) is 5.10 Å². The first-order valence-corrected chi connectivity index (χ1v) is 10.8. The van der Waals surface area contributed by atoms with Crippen LogP contribution in [0, 0.1) is 17.0 Å². The van der Waals surface area contributed by atoms with Gasteiger partial charge in [0.15, 0.2) is 11.5 Å². The predicted molar refractivity (Wildman–Crippen MR) is 129 cm³/mol. The maximum atomic E-state index is 12.3. The number of hydrogen-bond donors (Lipinski definition) is 1. The Morgan fingerprint density at radius 1 is 1.24 bits per heavy atom. The number of carbonyl (C=O) groups excluding carboxylic acids is 1. The van der Waals surface area contributed by atoms with E-state index in [1.807, 2.05) is 18.2 Å². The lowest BCUT2D eigenvalue weighted by Gasteiger charge is -2.14. The van der Waals surface area contributed by atoms with E-state index in [9.17, 15) is 14.9 Å². The van der Waals surface area contributed by atoms with Gasteiger partial charge in [-0.2, -0.15) is 5.10 Å². The summed E-state index contributed by atoms with van der Waals surface area (Å²) in [5, 5.41) is 15.6. The molecule has 0 radical (unpaired) electrons. The third kappa shape index (κ3) is 6.09. The smallest absolute Gasteiger partial charge is 0.273 e. The Morgan fingerprint density at radius 3 is 2.70 bits per heavy atom. The number of aryl methyl sites for hydroxylation is 1. The second kappa shape index (κ2) is 10.9. The average Bonchev–Trinajstić information content (AvgIpc) is 2.79. The summed E-state index contributed by atoms with van der Waals surface area (Å²) in [6, 6.07) is 15.0. The molecule has 0 heterocycles. The number of nitro groups is 1. The van der Waals surface area contributed by atoms with E-state index in [4.69, 9.17) is 21.1 Å². The minimum Gasteiger partial charge on any atom is -0.493 e. The number of methoxy groups -OCH3 is 1. The van der Waals surface area contributed by atoms with Crippen LogP contribution in [0.5, 0.6) is 11.5 Å². The van der Waals surface area contributed by atoms with Crippen LogP contribution < -0.4 is 14.9 Å². The number of ether oxygens (including phenoxy) is 2. The normalized spacial score (nSPS) is 10.8. The van der Waals surface area contributed by atoms with Gasteiger partial charge < -0.3 is 9.47 Å². The molecule has 0 aliphatic heterocycles. The van der Waals surface area contributed by atoms with E-state index in [0.29, 0.717) is 32.1 Å². The maximum Gasteiger partial charge on any atom is 0.273 e. The van der Waals surface area contributed by atoms with Crippen LogP contribution in [-0.4, -0.2) is 24.2 Å². The summed E-state index contributed by atoms with van der Waals surface area (Å²) in [5.41, 5.74) is 4.28. The van der Waals surface area contributed by atoms with E-state index in [2.05, 4.69) is 26.5 Å². The van der Waals surface area contributed by atoms with E-state index in [-0.39, 0.29) is 17.9 Å². The highest BCUT2D eigenvalue weighted by Gasteiger charge is 2.15. The molecule has 0 bridgehead atoms. The zero-order valence-electron chi connectivity index (χ0n) is 17.7. The molecule has 0 atom stereocenters. The molecular formula is C23H19BrClN3O5. The van der Waals surface area contributed by atoms with Gasteiger partial charge in [-0.3, -0.25) is 14.9 Å². The van der Waals surface area contributed by atoms with Crippen LogP contribution in [-0.2, 0) is 6.61 Å². The third-order valence-corrected chi connectivity index (χ3v) is 5.59. The molecule has 1 amide bonds. The summed E-state index contributed by atoms with van der Waals surface area (Å²) < 4.78 is 11.9. The van der Waals surface area contributed by atoms with Crippen molar-refractivity contribution in [2.75, 3.05) is 7.11 Å². The average molecular weight is 533 g/mol. The van der Waals surface area contributed by atoms with Gasteiger partial charge in [0.2, 0.25) is 0 Å². The second-order valence-electron chi connectivity index (χ2n) is 6.87. The van der Waals surface area contributed by atoms with Crippen molar-refractivity contribution >= 4 is 45.3 Å². The Bertz CT molecular complexity index is 1230. The van der Waals surface area contributed by atoms with Crippen molar-refractivity contribution in [3.8, 4) is 11.5 Å². The summed E-state index contributed by atoms with van der Waals surface area (Å²) >= 11 is 9.65. The molecule has 8 nitrogen and oxygen atoms in total. The largest absolute Gasteiger partial charge is 0.493 e. The van der Waals surface area contributed by atoms with Crippen LogP contribution in [0.4, 0.5) is 5.69 Å². The van der Waals surface area contributed by atoms with Crippen LogP contribution in [0.2, 0.25) is 5.02 Å². The summed E-state index contributed by atoms with van der Waals surface area (Å²) in [7, 11) is 1.51. The molecule has 33 heavy (non-hydrogen) atoms. The lowest BCUT2D eigenvalue weighted by atomic mass is 10.1. The first kappa shape index (κ1) is 24.2. The second-order valence-corrected chi connectivity index (χ2v) is 8.13. The minimum atomic E-state index is -0.569. The summed E-state index contributed by atoms with van der Waals surface area (Å²) in [4.78, 5) is 22.8. The molecule has 0 saturated carbocycles. The molecule has 0 aromatic heterocycles. The van der Waals surface area contributed by atoms with Gasteiger partial charge in [-0.05, 0) is 52.7 Å². The fourth-order valence-corrected chi connectivity index (χ4v) is 3.66. The number of rotatable bonds is 8. The van der Waals surface area contributed by atoms with Gasteiger partial charge in [-0.1, -0.05) is 35.9 Å². The molecular weight excluding hydrogens is 514 g/mol. The summed E-state index contributed by atoms with van der Waals surface area (Å²) in [6.45, 7) is 1.85. The van der Waals surface area contributed by atoms with Gasteiger partial charge in [0, 0.05) is 27.8 Å². The van der Waals surface area contributed by atoms with E-state index in [0.717, 1.165) is 5.56 Å². The highest BCUT2D eigenvalue weighted by molar-refractivity contribution is 9.10. The molecule has 10 heteroatoms. The SMILES string of the molecule is COc1cc(/C=N\NC(=O)c2ccc(C)c([N+](=O)[O-])c2)cc(Br)c1OCc1ccccc1Cl. The van der Waals surface area contributed by atoms with Crippen LogP contribution in [0.15, 0.2) is 64.2 Å². The fraction of sp³-hybridized carbons (Fsp3) is 0.130. The van der Waals surface area contributed by atoms with Crippen molar-refractivity contribution in [3.05, 3.63) is 96.5 Å². The van der Waals surface area contributed by atoms with Crippen LogP contribution in [0.25, 0.3) is 0 Å². The molecule has 3 rings (SSSR count). The molecule has 0 fully saturated rings. The summed E-state index contributed by atoms with van der Waals surface area (Å²) in [6.07, 6.45) is 1.42. The zero-order chi connectivity index (χ0) is 24.0. The van der Waals surface area contributed by atoms with E-state index >= 15 is 0 Å². The first-order valence-electron chi connectivity index (χ1n) is 9.62. The Labute approximate surface area is 203 Å². The molecule has 3 aromatic rings. The van der Waals surface area contributed by atoms with Crippen molar-refractivity contribution < 1.29 is 19.2 Å². The number of hydrogen-bond acceptors (Lipinski definition) is 6. The highest BCUT2D eigenvalue weighted by Crippen LogP contribution is 2.37. The van der Waals surface area contributed by atoms with Crippen molar-refractivity contribution in [2.45, 2.75) is 13.5 Å². The number of hydrazone groups is 1. The topological polar surface area (TPSA) is 103 Å². The van der Waals surface area contributed by atoms with Crippen molar-refractivity contribution in [3.63, 3.8) is 0 Å². The number of nitrogens with zero attached hydrogens (tertiary/aromatic N) is 2. The third-order valence-electron chi connectivity index (χ3n) is 4.63. The molecule has 0 spiro atoms. The monoisotopic (exact) mass is 531 g/mol. The number of nitro benzene ring substituents is 1. The van der Waals surface area contributed by atoms with Gasteiger partial charge in [0.05, 0.1) is 22.7 Å². The first-order chi connectivity index (χ1) is 15.8. The molecule has 170 valence electrons. The number of benzene rings is 3. The summed E-state index contributed by atoms with van der Waals surface area (Å²) in [5.74, 6) is 0.379. The number of amides is 1. The van der Waals surface area contributed by atoms with Gasteiger partial charge in [-0.15, -0.1) is 0 Å². The molecule has 0 unspecified atom stereocenters. The van der Waals surface area contributed by atoms with E-state index < -0.39 is 10.8 Å². The quantitative estimate of drug-likeness (QED) is 0.229. The van der Waals surface area contributed by atoms with Crippen LogP contribution in [0.3, 0.4) is 0 Å². The Kier molecular flexibility index (Phi) is 8.02. The van der Waals surface area contributed by atoms with Gasteiger partial charge >= 0.3 is 0 Å². The van der Waals surface area contributed by atoms with Crippen LogP contribution in [0.1, 0.15) is 27.0 Å². The van der Waals surface area contributed by atoms with Crippen molar-refractivity contribution in [1.29, 1.82) is 0 Å². The molecule has 1 N–H and O–H groups in total. The molecule has 0 aliphatic carbocycles. The van der Waals surface area contributed by atoms with E-state index in [1.54, 1.807) is 25.1 Å². The zero-order valence-corrected chi connectivity index (χ0v) is 20.0.